The highest BCUT2D eigenvalue weighted by Crippen LogP contribution is 2.55. The summed E-state index contributed by atoms with van der Waals surface area (Å²) in [6, 6.07) is 19.2. The van der Waals surface area contributed by atoms with Crippen LogP contribution in [0.4, 0.5) is 0 Å². The van der Waals surface area contributed by atoms with Crippen molar-refractivity contribution in [1.29, 1.82) is 0 Å². The molecule has 5 heteroatoms. The molecule has 2 aliphatic heterocycles. The number of ether oxygens (including phenoxy) is 2. The summed E-state index contributed by atoms with van der Waals surface area (Å²) in [5, 5.41) is 9.30. The minimum atomic E-state index is -1.14. The van der Waals surface area contributed by atoms with Crippen LogP contribution < -0.4 is 4.74 Å². The number of hydrogen-bond acceptors (Lipinski definition) is 4. The lowest BCUT2D eigenvalue weighted by Crippen LogP contribution is -2.33. The Morgan fingerprint density at radius 2 is 1.54 bits per heavy atom. The quantitative estimate of drug-likeness (QED) is 0.677. The summed E-state index contributed by atoms with van der Waals surface area (Å²) >= 11 is 0. The molecule has 1 atom stereocenters. The summed E-state index contributed by atoms with van der Waals surface area (Å²) in [7, 11) is 0. The van der Waals surface area contributed by atoms with Crippen molar-refractivity contribution in [2.75, 3.05) is 0 Å². The first kappa shape index (κ1) is 14.7. The molecule has 0 fully saturated rings. The van der Waals surface area contributed by atoms with E-state index in [-0.39, 0.29) is 5.56 Å². The van der Waals surface area contributed by atoms with E-state index < -0.39 is 17.5 Å². The minimum absolute atomic E-state index is 0.107. The summed E-state index contributed by atoms with van der Waals surface area (Å²) < 4.78 is 11.9. The number of rotatable bonds is 1. The van der Waals surface area contributed by atoms with Gasteiger partial charge in [-0.25, -0.2) is 9.59 Å². The second-order valence-electron chi connectivity index (χ2n) is 6.23. The highest BCUT2D eigenvalue weighted by molar-refractivity contribution is 5.97. The molecular formula is C21H12O5. The number of aromatic carboxylic acids is 1. The fraction of sp³-hybridized carbons (Fsp3) is 0.0476. The van der Waals surface area contributed by atoms with Crippen molar-refractivity contribution in [3.63, 3.8) is 0 Å². The van der Waals surface area contributed by atoms with E-state index in [2.05, 4.69) is 0 Å². The number of carbonyl (C=O) groups excluding carboxylic acids is 1. The number of carboxylic acid groups (broad SMARTS) is 1. The van der Waals surface area contributed by atoms with Crippen LogP contribution in [0.3, 0.4) is 0 Å². The van der Waals surface area contributed by atoms with Crippen LogP contribution in [0.25, 0.3) is 0 Å². The van der Waals surface area contributed by atoms with E-state index in [1.165, 1.54) is 12.1 Å². The van der Waals surface area contributed by atoms with Crippen LogP contribution in [-0.2, 0) is 10.3 Å². The first-order valence-corrected chi connectivity index (χ1v) is 8.09. The van der Waals surface area contributed by atoms with Crippen LogP contribution in [0.15, 0.2) is 66.7 Å². The van der Waals surface area contributed by atoms with Crippen molar-refractivity contribution in [2.45, 2.75) is 5.60 Å². The second-order valence-corrected chi connectivity index (χ2v) is 6.23. The summed E-state index contributed by atoms with van der Waals surface area (Å²) in [6.45, 7) is 0. The zero-order chi connectivity index (χ0) is 17.9. The lowest BCUT2D eigenvalue weighted by Gasteiger charge is -2.36. The molecule has 1 N–H and O–H groups in total. The monoisotopic (exact) mass is 344 g/mol. The third-order valence-corrected chi connectivity index (χ3v) is 4.87. The third-order valence-electron chi connectivity index (χ3n) is 4.87. The first-order chi connectivity index (χ1) is 12.6. The third kappa shape index (κ3) is 1.74. The van der Waals surface area contributed by atoms with Gasteiger partial charge in [-0.3, -0.25) is 0 Å². The van der Waals surface area contributed by atoms with Gasteiger partial charge in [0.25, 0.3) is 0 Å². The average molecular weight is 344 g/mol. The standard InChI is InChI=1S/C21H12O5/c22-19(23)12-9-10-16-18(11-12)25-17-8-4-3-7-15(17)21(16)14-6-2-1-5-13(14)20(24)26-21/h1-11H,(H,22,23). The lowest BCUT2D eigenvalue weighted by atomic mass is 9.77. The Bertz CT molecular complexity index is 1100. The molecule has 0 aromatic heterocycles. The Labute approximate surface area is 148 Å². The van der Waals surface area contributed by atoms with Gasteiger partial charge in [-0.2, -0.15) is 0 Å². The number of fused-ring (bicyclic) bond motifs is 6. The van der Waals surface area contributed by atoms with Crippen molar-refractivity contribution in [2.24, 2.45) is 0 Å². The van der Waals surface area contributed by atoms with Crippen molar-refractivity contribution >= 4 is 11.9 Å². The number of hydrogen-bond donors (Lipinski definition) is 1. The Morgan fingerprint density at radius 1 is 0.846 bits per heavy atom. The zero-order valence-corrected chi connectivity index (χ0v) is 13.4. The van der Waals surface area contributed by atoms with Gasteiger partial charge in [0.1, 0.15) is 11.5 Å². The van der Waals surface area contributed by atoms with Crippen molar-refractivity contribution < 1.29 is 24.2 Å². The van der Waals surface area contributed by atoms with Crippen molar-refractivity contribution in [3.8, 4) is 11.5 Å². The molecule has 1 spiro atoms. The van der Waals surface area contributed by atoms with Gasteiger partial charge < -0.3 is 14.6 Å². The number of carboxylic acids is 1. The van der Waals surface area contributed by atoms with E-state index in [0.29, 0.717) is 28.2 Å². The highest BCUT2D eigenvalue weighted by Gasteiger charge is 2.53. The molecule has 2 heterocycles. The molecule has 3 aromatic carbocycles. The number of esters is 1. The van der Waals surface area contributed by atoms with Crippen LogP contribution >= 0.6 is 0 Å². The first-order valence-electron chi connectivity index (χ1n) is 8.09. The lowest BCUT2D eigenvalue weighted by molar-refractivity contribution is 0.0223. The Morgan fingerprint density at radius 3 is 2.35 bits per heavy atom. The molecule has 0 aliphatic carbocycles. The molecular weight excluding hydrogens is 332 g/mol. The smallest absolute Gasteiger partial charge is 0.340 e. The molecule has 1 unspecified atom stereocenters. The van der Waals surface area contributed by atoms with Crippen LogP contribution in [0.2, 0.25) is 0 Å². The molecule has 0 radical (unpaired) electrons. The largest absolute Gasteiger partial charge is 0.478 e. The summed E-state index contributed by atoms with van der Waals surface area (Å²) in [5.41, 5.74) is 1.52. The molecule has 3 aromatic rings. The predicted molar refractivity (Wildman–Crippen MR) is 91.7 cm³/mol. The predicted octanol–water partition coefficient (Wildman–Crippen LogP) is 3.95. The fourth-order valence-corrected chi connectivity index (χ4v) is 3.76. The maximum absolute atomic E-state index is 12.6. The molecule has 5 rings (SSSR count). The van der Waals surface area contributed by atoms with Crippen molar-refractivity contribution in [3.05, 3.63) is 94.5 Å². The SMILES string of the molecule is O=C(O)c1ccc2c(c1)Oc1ccccc1C21OC(=O)c2ccccc21. The molecule has 5 nitrogen and oxygen atoms in total. The summed E-state index contributed by atoms with van der Waals surface area (Å²) in [5.74, 6) is -0.557. The van der Waals surface area contributed by atoms with E-state index in [9.17, 15) is 14.7 Å². The molecule has 0 saturated heterocycles. The number of carbonyl (C=O) groups is 2. The molecule has 2 aliphatic rings. The van der Waals surface area contributed by atoms with Gasteiger partial charge >= 0.3 is 11.9 Å². The van der Waals surface area contributed by atoms with Crippen LogP contribution in [-0.4, -0.2) is 17.0 Å². The molecule has 126 valence electrons. The van der Waals surface area contributed by atoms with E-state index >= 15 is 0 Å². The maximum Gasteiger partial charge on any atom is 0.340 e. The van der Waals surface area contributed by atoms with Crippen molar-refractivity contribution in [1.82, 2.24) is 0 Å². The van der Waals surface area contributed by atoms with Crippen LogP contribution in [0.5, 0.6) is 11.5 Å². The average Bonchev–Trinajstić information content (AvgIpc) is 2.95. The number of benzene rings is 3. The molecule has 0 amide bonds. The highest BCUT2D eigenvalue weighted by atomic mass is 16.6. The van der Waals surface area contributed by atoms with Gasteiger partial charge in [0.15, 0.2) is 5.60 Å². The van der Waals surface area contributed by atoms with Gasteiger partial charge in [-0.1, -0.05) is 36.4 Å². The zero-order valence-electron chi connectivity index (χ0n) is 13.4. The van der Waals surface area contributed by atoms with E-state index in [0.717, 1.165) is 5.56 Å². The second kappa shape index (κ2) is 4.95. The van der Waals surface area contributed by atoms with Crippen LogP contribution in [0.1, 0.15) is 37.4 Å². The summed E-state index contributed by atoms with van der Waals surface area (Å²) in [6.07, 6.45) is 0. The molecule has 0 bridgehead atoms. The number of para-hydroxylation sites is 1. The Kier molecular flexibility index (Phi) is 2.80. The topological polar surface area (TPSA) is 72.8 Å². The van der Waals surface area contributed by atoms with Crippen LogP contribution in [0, 0.1) is 0 Å². The Hall–Kier alpha value is -3.60. The van der Waals surface area contributed by atoms with Gasteiger partial charge in [0, 0.05) is 16.7 Å². The molecule has 0 saturated carbocycles. The van der Waals surface area contributed by atoms with Gasteiger partial charge in [0.05, 0.1) is 11.1 Å². The normalized spacial score (nSPS) is 19.2. The summed E-state index contributed by atoms with van der Waals surface area (Å²) in [4.78, 5) is 23.9. The van der Waals surface area contributed by atoms with Gasteiger partial charge in [-0.05, 0) is 30.3 Å². The van der Waals surface area contributed by atoms with Gasteiger partial charge in [0.2, 0.25) is 0 Å². The molecule has 26 heavy (non-hydrogen) atoms. The Balaban J connectivity index is 1.88. The van der Waals surface area contributed by atoms with E-state index in [4.69, 9.17) is 9.47 Å². The maximum atomic E-state index is 12.6. The minimum Gasteiger partial charge on any atom is -0.478 e. The van der Waals surface area contributed by atoms with E-state index in [1.807, 2.05) is 30.3 Å². The van der Waals surface area contributed by atoms with E-state index in [1.54, 1.807) is 24.3 Å². The fourth-order valence-electron chi connectivity index (χ4n) is 3.76. The van der Waals surface area contributed by atoms with Gasteiger partial charge in [-0.15, -0.1) is 0 Å².